The number of nitrogens with one attached hydrogen (secondary N) is 1. The van der Waals surface area contributed by atoms with Gasteiger partial charge in [-0.2, -0.15) is 0 Å². The van der Waals surface area contributed by atoms with Crippen LogP contribution in [0, 0.1) is 0 Å². The molecule has 0 spiro atoms. The van der Waals surface area contributed by atoms with Crippen molar-refractivity contribution < 1.29 is 0 Å². The fourth-order valence-corrected chi connectivity index (χ4v) is 2.96. The molecule has 2 heterocycles. The molecule has 1 unspecified atom stereocenters. The standard InChI is InChI=1S/C17H16N4/c1-2-6-16(21-11-10-18-12-21)14(5-1)20-15-8-7-13-4-3-9-19-17(13)15/h1-6,9-12,15,20H,7-8H2. The van der Waals surface area contributed by atoms with Crippen LogP contribution in [0.25, 0.3) is 5.69 Å². The molecule has 1 N–H and O–H groups in total. The molecule has 0 fully saturated rings. The molecule has 4 nitrogen and oxygen atoms in total. The van der Waals surface area contributed by atoms with Crippen LogP contribution >= 0.6 is 0 Å². The molecular formula is C17H16N4. The van der Waals surface area contributed by atoms with Gasteiger partial charge in [0.05, 0.1) is 29.4 Å². The summed E-state index contributed by atoms with van der Waals surface area (Å²) in [6.45, 7) is 0. The van der Waals surface area contributed by atoms with Crippen molar-refractivity contribution in [2.45, 2.75) is 18.9 Å². The van der Waals surface area contributed by atoms with Crippen LogP contribution < -0.4 is 5.32 Å². The summed E-state index contributed by atoms with van der Waals surface area (Å²) < 4.78 is 2.02. The molecule has 21 heavy (non-hydrogen) atoms. The van der Waals surface area contributed by atoms with E-state index in [0.717, 1.165) is 24.2 Å². The molecule has 0 aliphatic heterocycles. The van der Waals surface area contributed by atoms with Gasteiger partial charge >= 0.3 is 0 Å². The van der Waals surface area contributed by atoms with Gasteiger partial charge in [-0.25, -0.2) is 4.98 Å². The number of nitrogens with zero attached hydrogens (tertiary/aromatic N) is 3. The average Bonchev–Trinajstić information content (AvgIpc) is 3.18. The maximum Gasteiger partial charge on any atom is 0.0992 e. The summed E-state index contributed by atoms with van der Waals surface area (Å²) >= 11 is 0. The van der Waals surface area contributed by atoms with Gasteiger partial charge in [0.1, 0.15) is 0 Å². The Morgan fingerprint density at radius 2 is 2.05 bits per heavy atom. The summed E-state index contributed by atoms with van der Waals surface area (Å²) in [6, 6.07) is 12.8. The van der Waals surface area contributed by atoms with Gasteiger partial charge in [-0.1, -0.05) is 18.2 Å². The van der Waals surface area contributed by atoms with Crippen LogP contribution in [-0.4, -0.2) is 14.5 Å². The number of pyridine rings is 1. The Morgan fingerprint density at radius 3 is 2.95 bits per heavy atom. The van der Waals surface area contributed by atoms with E-state index in [4.69, 9.17) is 0 Å². The van der Waals surface area contributed by atoms with Gasteiger partial charge in [0.2, 0.25) is 0 Å². The molecule has 4 heteroatoms. The summed E-state index contributed by atoms with van der Waals surface area (Å²) in [7, 11) is 0. The van der Waals surface area contributed by atoms with E-state index in [1.165, 1.54) is 11.3 Å². The summed E-state index contributed by atoms with van der Waals surface area (Å²) in [6.07, 6.45) is 9.63. The van der Waals surface area contributed by atoms with Crippen LogP contribution in [0.2, 0.25) is 0 Å². The van der Waals surface area contributed by atoms with Crippen molar-refractivity contribution in [3.8, 4) is 5.69 Å². The van der Waals surface area contributed by atoms with E-state index in [0.29, 0.717) is 0 Å². The third kappa shape index (κ3) is 2.18. The maximum absolute atomic E-state index is 4.55. The second-order valence-corrected chi connectivity index (χ2v) is 5.27. The Kier molecular flexibility index (Phi) is 2.92. The highest BCUT2D eigenvalue weighted by molar-refractivity contribution is 5.62. The van der Waals surface area contributed by atoms with E-state index in [1.54, 1.807) is 6.20 Å². The topological polar surface area (TPSA) is 42.7 Å². The summed E-state index contributed by atoms with van der Waals surface area (Å²) in [5.74, 6) is 0. The quantitative estimate of drug-likeness (QED) is 0.797. The first-order valence-electron chi connectivity index (χ1n) is 7.19. The first kappa shape index (κ1) is 12.1. The van der Waals surface area contributed by atoms with E-state index in [9.17, 15) is 0 Å². The Hall–Kier alpha value is -2.62. The van der Waals surface area contributed by atoms with Crippen molar-refractivity contribution in [2.75, 3.05) is 5.32 Å². The van der Waals surface area contributed by atoms with Crippen LogP contribution in [0.15, 0.2) is 61.3 Å². The Morgan fingerprint density at radius 1 is 1.10 bits per heavy atom. The second-order valence-electron chi connectivity index (χ2n) is 5.27. The van der Waals surface area contributed by atoms with Crippen LogP contribution in [-0.2, 0) is 6.42 Å². The minimum absolute atomic E-state index is 0.283. The van der Waals surface area contributed by atoms with Crippen molar-refractivity contribution in [3.63, 3.8) is 0 Å². The van der Waals surface area contributed by atoms with E-state index >= 15 is 0 Å². The van der Waals surface area contributed by atoms with Crippen LogP contribution in [0.5, 0.6) is 0 Å². The zero-order chi connectivity index (χ0) is 14.1. The minimum atomic E-state index is 0.283. The zero-order valence-corrected chi connectivity index (χ0v) is 11.6. The van der Waals surface area contributed by atoms with Crippen molar-refractivity contribution in [1.29, 1.82) is 0 Å². The third-order valence-electron chi connectivity index (χ3n) is 3.97. The van der Waals surface area contributed by atoms with Crippen molar-refractivity contribution >= 4 is 5.69 Å². The molecule has 1 aliphatic carbocycles. The number of imidazole rings is 1. The molecule has 1 aromatic carbocycles. The van der Waals surface area contributed by atoms with Crippen LogP contribution in [0.3, 0.4) is 0 Å². The number of aryl methyl sites for hydroxylation is 1. The van der Waals surface area contributed by atoms with E-state index in [2.05, 4.69) is 39.6 Å². The average molecular weight is 276 g/mol. The molecule has 0 saturated heterocycles. The van der Waals surface area contributed by atoms with E-state index < -0.39 is 0 Å². The molecule has 2 aromatic heterocycles. The van der Waals surface area contributed by atoms with Gasteiger partial charge in [-0.3, -0.25) is 4.98 Å². The lowest BCUT2D eigenvalue weighted by Crippen LogP contribution is -2.10. The molecular weight excluding hydrogens is 260 g/mol. The number of para-hydroxylation sites is 2. The van der Waals surface area contributed by atoms with Gasteiger partial charge in [0.25, 0.3) is 0 Å². The molecule has 0 bridgehead atoms. The fourth-order valence-electron chi connectivity index (χ4n) is 2.96. The molecule has 1 aliphatic rings. The summed E-state index contributed by atoms with van der Waals surface area (Å²) in [5.41, 5.74) is 4.76. The Labute approximate surface area is 123 Å². The zero-order valence-electron chi connectivity index (χ0n) is 11.6. The highest BCUT2D eigenvalue weighted by Gasteiger charge is 2.23. The Bertz CT molecular complexity index is 749. The number of hydrogen-bond acceptors (Lipinski definition) is 3. The predicted octanol–water partition coefficient (Wildman–Crippen LogP) is 3.37. The smallest absolute Gasteiger partial charge is 0.0992 e. The lowest BCUT2D eigenvalue weighted by molar-refractivity contribution is 0.744. The number of hydrogen-bond donors (Lipinski definition) is 1. The van der Waals surface area contributed by atoms with Crippen LogP contribution in [0.4, 0.5) is 5.69 Å². The summed E-state index contributed by atoms with van der Waals surface area (Å²) in [4.78, 5) is 8.68. The molecule has 0 saturated carbocycles. The van der Waals surface area contributed by atoms with Gasteiger partial charge in [-0.15, -0.1) is 0 Å². The molecule has 3 aromatic rings. The molecule has 104 valence electrons. The largest absolute Gasteiger partial charge is 0.375 e. The Balaban J connectivity index is 1.67. The van der Waals surface area contributed by atoms with Crippen LogP contribution in [0.1, 0.15) is 23.7 Å². The monoisotopic (exact) mass is 276 g/mol. The van der Waals surface area contributed by atoms with Gasteiger partial charge in [0.15, 0.2) is 0 Å². The fraction of sp³-hybridized carbons (Fsp3) is 0.176. The maximum atomic E-state index is 4.55. The predicted molar refractivity (Wildman–Crippen MR) is 82.5 cm³/mol. The molecule has 4 rings (SSSR count). The number of benzene rings is 1. The van der Waals surface area contributed by atoms with Gasteiger partial charge in [0, 0.05) is 18.6 Å². The third-order valence-corrected chi connectivity index (χ3v) is 3.97. The number of aromatic nitrogens is 3. The van der Waals surface area contributed by atoms with E-state index in [-0.39, 0.29) is 6.04 Å². The number of rotatable bonds is 3. The van der Waals surface area contributed by atoms with Crippen molar-refractivity contribution in [3.05, 3.63) is 72.6 Å². The first-order valence-corrected chi connectivity index (χ1v) is 7.19. The first-order chi connectivity index (χ1) is 10.4. The molecule has 0 radical (unpaired) electrons. The van der Waals surface area contributed by atoms with Crippen molar-refractivity contribution in [1.82, 2.24) is 14.5 Å². The lowest BCUT2D eigenvalue weighted by Gasteiger charge is -2.18. The van der Waals surface area contributed by atoms with Crippen molar-refractivity contribution in [2.24, 2.45) is 0 Å². The summed E-state index contributed by atoms with van der Waals surface area (Å²) in [5, 5.41) is 3.64. The highest BCUT2D eigenvalue weighted by Crippen LogP contribution is 2.33. The van der Waals surface area contributed by atoms with Gasteiger partial charge < -0.3 is 9.88 Å². The van der Waals surface area contributed by atoms with Gasteiger partial charge in [-0.05, 0) is 36.6 Å². The second kappa shape index (κ2) is 5.05. The molecule has 1 atom stereocenters. The number of anilines is 1. The minimum Gasteiger partial charge on any atom is -0.375 e. The molecule has 0 amide bonds. The van der Waals surface area contributed by atoms with E-state index in [1.807, 2.05) is 35.4 Å². The SMILES string of the molecule is c1cnc2c(c1)CCC2Nc1ccccc1-n1ccnc1. The number of fused-ring (bicyclic) bond motifs is 1. The highest BCUT2D eigenvalue weighted by atomic mass is 15.1. The lowest BCUT2D eigenvalue weighted by atomic mass is 10.2. The normalized spacial score (nSPS) is 16.7.